The van der Waals surface area contributed by atoms with Crippen LogP contribution in [0.15, 0.2) is 11.8 Å². The van der Waals surface area contributed by atoms with Crippen molar-refractivity contribution in [1.82, 2.24) is 0 Å². The number of rotatable bonds is 5. The molecule has 0 amide bonds. The average molecular weight is 187 g/mol. The Balaban J connectivity index is 4.43. The number of allylic oxidation sites excluding steroid dienone is 1. The summed E-state index contributed by atoms with van der Waals surface area (Å²) >= 11 is 0. The van der Waals surface area contributed by atoms with E-state index in [2.05, 4.69) is 0 Å². The smallest absolute Gasteiger partial charge is 0.245 e. The molecule has 1 atom stereocenters. The molecule has 0 aromatic heterocycles. The van der Waals surface area contributed by atoms with E-state index in [0.717, 1.165) is 0 Å². The van der Waals surface area contributed by atoms with Crippen molar-refractivity contribution in [1.29, 1.82) is 0 Å². The lowest BCUT2D eigenvalue weighted by molar-refractivity contribution is -0.433. The Morgan fingerprint density at radius 3 is 2.38 bits per heavy atom. The second-order valence-electron chi connectivity index (χ2n) is 3.44. The van der Waals surface area contributed by atoms with Gasteiger partial charge in [0.05, 0.1) is 11.5 Å². The molecule has 0 radical (unpaired) electrons. The van der Waals surface area contributed by atoms with Gasteiger partial charge >= 0.3 is 0 Å². The fourth-order valence-corrected chi connectivity index (χ4v) is 1.07. The van der Waals surface area contributed by atoms with Crippen LogP contribution in [0.1, 0.15) is 20.8 Å². The van der Waals surface area contributed by atoms with Crippen molar-refractivity contribution in [3.63, 3.8) is 0 Å². The van der Waals surface area contributed by atoms with Gasteiger partial charge in [0.2, 0.25) is 5.70 Å². The van der Waals surface area contributed by atoms with Crippen molar-refractivity contribution in [3.8, 4) is 0 Å². The van der Waals surface area contributed by atoms with Gasteiger partial charge in [-0.3, -0.25) is 10.1 Å². The van der Waals surface area contributed by atoms with Crippen LogP contribution in [-0.4, -0.2) is 18.6 Å². The molecule has 0 aromatic carbocycles. The first-order chi connectivity index (χ1) is 5.99. The van der Waals surface area contributed by atoms with E-state index < -0.39 is 0 Å². The zero-order valence-corrected chi connectivity index (χ0v) is 8.61. The van der Waals surface area contributed by atoms with E-state index in [1.807, 2.05) is 20.8 Å². The summed E-state index contributed by atoms with van der Waals surface area (Å²) in [5.74, 6) is 0.0436. The van der Waals surface area contributed by atoms with Gasteiger partial charge in [0.15, 0.2) is 0 Å². The Kier molecular flexibility index (Phi) is 5.30. The van der Waals surface area contributed by atoms with E-state index in [1.165, 1.54) is 0 Å². The Morgan fingerprint density at radius 2 is 2.08 bits per heavy atom. The molecule has 0 rings (SSSR count). The fraction of sp³-hybridized carbons (Fsp3) is 0.778. The number of methoxy groups -OCH3 is 1. The predicted molar refractivity (Wildman–Crippen MR) is 51.0 cm³/mol. The van der Waals surface area contributed by atoms with Crippen LogP contribution in [0.4, 0.5) is 0 Å². The summed E-state index contributed by atoms with van der Waals surface area (Å²) in [6.07, 6.45) is 1.66. The standard InChI is InChI=1S/C9H17NO3/c1-7(2)9(10(11)12)5-8(3)6-13-4/h5,7-8H,6H2,1-4H3/b9-5-. The molecule has 0 aromatic rings. The molecule has 0 heterocycles. The lowest BCUT2D eigenvalue weighted by Crippen LogP contribution is -2.10. The highest BCUT2D eigenvalue weighted by atomic mass is 16.6. The van der Waals surface area contributed by atoms with Gasteiger partial charge in [-0.05, 0) is 6.08 Å². The summed E-state index contributed by atoms with van der Waals surface area (Å²) < 4.78 is 4.90. The molecule has 0 saturated heterocycles. The van der Waals surface area contributed by atoms with Gasteiger partial charge in [0, 0.05) is 18.9 Å². The van der Waals surface area contributed by atoms with E-state index in [4.69, 9.17) is 4.74 Å². The van der Waals surface area contributed by atoms with Gasteiger partial charge in [-0.2, -0.15) is 0 Å². The number of nitro groups is 1. The maximum atomic E-state index is 10.6. The summed E-state index contributed by atoms with van der Waals surface area (Å²) in [5.41, 5.74) is 0.268. The van der Waals surface area contributed by atoms with E-state index in [1.54, 1.807) is 13.2 Å². The lowest BCUT2D eigenvalue weighted by Gasteiger charge is -2.06. The molecule has 0 aliphatic carbocycles. The van der Waals surface area contributed by atoms with Crippen LogP contribution in [0, 0.1) is 22.0 Å². The first-order valence-electron chi connectivity index (χ1n) is 4.34. The molecule has 76 valence electrons. The molecule has 0 aliphatic rings. The van der Waals surface area contributed by atoms with Crippen molar-refractivity contribution < 1.29 is 9.66 Å². The maximum Gasteiger partial charge on any atom is 0.245 e. The Hall–Kier alpha value is -0.900. The number of hydrogen-bond acceptors (Lipinski definition) is 3. The summed E-state index contributed by atoms with van der Waals surface area (Å²) in [4.78, 5) is 10.3. The maximum absolute atomic E-state index is 10.6. The molecular weight excluding hydrogens is 170 g/mol. The summed E-state index contributed by atoms with van der Waals surface area (Å²) in [5, 5.41) is 10.6. The quantitative estimate of drug-likeness (QED) is 0.489. The second kappa shape index (κ2) is 5.70. The zero-order chi connectivity index (χ0) is 10.4. The molecule has 0 saturated carbocycles. The minimum absolute atomic E-state index is 0.0469. The van der Waals surface area contributed by atoms with Gasteiger partial charge in [-0.25, -0.2) is 0 Å². The molecule has 1 unspecified atom stereocenters. The minimum Gasteiger partial charge on any atom is -0.384 e. The molecule has 0 N–H and O–H groups in total. The van der Waals surface area contributed by atoms with Crippen LogP contribution >= 0.6 is 0 Å². The van der Waals surface area contributed by atoms with E-state index in [0.29, 0.717) is 6.61 Å². The van der Waals surface area contributed by atoms with Gasteiger partial charge < -0.3 is 4.74 Å². The monoisotopic (exact) mass is 187 g/mol. The van der Waals surface area contributed by atoms with Crippen molar-refractivity contribution >= 4 is 0 Å². The Bertz CT molecular complexity index is 199. The van der Waals surface area contributed by atoms with E-state index in [-0.39, 0.29) is 22.5 Å². The molecule has 13 heavy (non-hydrogen) atoms. The molecule has 4 nitrogen and oxygen atoms in total. The van der Waals surface area contributed by atoms with E-state index >= 15 is 0 Å². The van der Waals surface area contributed by atoms with Gasteiger partial charge in [-0.15, -0.1) is 0 Å². The van der Waals surface area contributed by atoms with Crippen molar-refractivity contribution in [2.75, 3.05) is 13.7 Å². The summed E-state index contributed by atoms with van der Waals surface area (Å²) in [6.45, 7) is 6.04. The highest BCUT2D eigenvalue weighted by Crippen LogP contribution is 2.13. The Morgan fingerprint density at radius 1 is 1.54 bits per heavy atom. The molecule has 0 spiro atoms. The highest BCUT2D eigenvalue weighted by Gasteiger charge is 2.16. The van der Waals surface area contributed by atoms with Gasteiger partial charge in [0.25, 0.3) is 0 Å². The largest absolute Gasteiger partial charge is 0.384 e. The van der Waals surface area contributed by atoms with Gasteiger partial charge in [0.1, 0.15) is 0 Å². The summed E-state index contributed by atoms with van der Waals surface area (Å²) in [6, 6.07) is 0. The first kappa shape index (κ1) is 12.1. The molecular formula is C9H17NO3. The second-order valence-corrected chi connectivity index (χ2v) is 3.44. The third kappa shape index (κ3) is 4.62. The predicted octanol–water partition coefficient (Wildman–Crippen LogP) is 2.09. The molecule has 0 fully saturated rings. The van der Waals surface area contributed by atoms with Crippen LogP contribution in [0.3, 0.4) is 0 Å². The third-order valence-corrected chi connectivity index (χ3v) is 1.69. The lowest BCUT2D eigenvalue weighted by atomic mass is 10.1. The van der Waals surface area contributed by atoms with Crippen LogP contribution in [0.2, 0.25) is 0 Å². The first-order valence-corrected chi connectivity index (χ1v) is 4.34. The number of nitrogens with zero attached hydrogens (tertiary/aromatic N) is 1. The Labute approximate surface area is 78.7 Å². The SMILES string of the molecule is COCC(C)/C=C(/C(C)C)[N+](=O)[O-]. The summed E-state index contributed by atoms with van der Waals surface area (Å²) in [7, 11) is 1.59. The van der Waals surface area contributed by atoms with Crippen LogP contribution in [0.25, 0.3) is 0 Å². The zero-order valence-electron chi connectivity index (χ0n) is 8.61. The van der Waals surface area contributed by atoms with Crippen molar-refractivity contribution in [3.05, 3.63) is 21.9 Å². The van der Waals surface area contributed by atoms with E-state index in [9.17, 15) is 10.1 Å². The number of ether oxygens (including phenoxy) is 1. The topological polar surface area (TPSA) is 52.4 Å². The van der Waals surface area contributed by atoms with Gasteiger partial charge in [-0.1, -0.05) is 20.8 Å². The number of hydrogen-bond donors (Lipinski definition) is 0. The molecule has 0 aliphatic heterocycles. The fourth-order valence-electron chi connectivity index (χ4n) is 1.07. The minimum atomic E-state index is -0.323. The van der Waals surface area contributed by atoms with Crippen LogP contribution in [-0.2, 0) is 4.74 Å². The molecule has 0 bridgehead atoms. The average Bonchev–Trinajstić information content (AvgIpc) is 1.99. The van der Waals surface area contributed by atoms with Crippen LogP contribution < -0.4 is 0 Å². The van der Waals surface area contributed by atoms with Crippen molar-refractivity contribution in [2.45, 2.75) is 20.8 Å². The third-order valence-electron chi connectivity index (χ3n) is 1.69. The molecule has 4 heteroatoms. The van der Waals surface area contributed by atoms with Crippen LogP contribution in [0.5, 0.6) is 0 Å². The normalized spacial score (nSPS) is 14.7. The highest BCUT2D eigenvalue weighted by molar-refractivity contribution is 4.97. The van der Waals surface area contributed by atoms with Crippen molar-refractivity contribution in [2.24, 2.45) is 11.8 Å².